The molecule has 4 nitrogen and oxygen atoms in total. The Morgan fingerprint density at radius 3 is 2.52 bits per heavy atom. The zero-order chi connectivity index (χ0) is 15.2. The van der Waals surface area contributed by atoms with E-state index in [0.29, 0.717) is 5.69 Å². The average molecular weight is 283 g/mol. The standard InChI is InChI=1S/C17H17NO3/c1-12-3-9-15(16(19)11-12)18-17(20)10-6-13-4-7-14(21-2)8-5-13/h3-11,19H,1-2H3,(H,18,20)/b10-6+. The van der Waals surface area contributed by atoms with Crippen molar-refractivity contribution in [3.63, 3.8) is 0 Å². The van der Waals surface area contributed by atoms with E-state index in [2.05, 4.69) is 5.32 Å². The molecule has 2 N–H and O–H groups in total. The van der Waals surface area contributed by atoms with Crippen molar-refractivity contribution >= 4 is 17.7 Å². The number of phenolic OH excluding ortho intramolecular Hbond substituents is 1. The van der Waals surface area contributed by atoms with Crippen LogP contribution in [0, 0.1) is 6.92 Å². The minimum absolute atomic E-state index is 0.0567. The van der Waals surface area contributed by atoms with Gasteiger partial charge in [-0.1, -0.05) is 18.2 Å². The Morgan fingerprint density at radius 1 is 1.19 bits per heavy atom. The quantitative estimate of drug-likeness (QED) is 0.668. The molecular weight excluding hydrogens is 266 g/mol. The van der Waals surface area contributed by atoms with Gasteiger partial charge in [-0.2, -0.15) is 0 Å². The molecule has 2 aromatic carbocycles. The molecule has 0 saturated heterocycles. The van der Waals surface area contributed by atoms with Crippen molar-refractivity contribution in [3.05, 3.63) is 59.7 Å². The molecule has 0 heterocycles. The number of hydrogen-bond donors (Lipinski definition) is 2. The fourth-order valence-electron chi connectivity index (χ4n) is 1.81. The second-order valence-electron chi connectivity index (χ2n) is 4.62. The summed E-state index contributed by atoms with van der Waals surface area (Å²) in [6.45, 7) is 1.87. The largest absolute Gasteiger partial charge is 0.506 e. The van der Waals surface area contributed by atoms with E-state index in [1.54, 1.807) is 25.3 Å². The van der Waals surface area contributed by atoms with Crippen LogP contribution in [0.5, 0.6) is 11.5 Å². The molecule has 2 aromatic rings. The summed E-state index contributed by atoms with van der Waals surface area (Å²) in [5, 5.41) is 12.4. The van der Waals surface area contributed by atoms with E-state index in [1.165, 1.54) is 6.08 Å². The summed E-state index contributed by atoms with van der Waals surface area (Å²) in [5.74, 6) is 0.521. The maximum atomic E-state index is 11.8. The van der Waals surface area contributed by atoms with E-state index < -0.39 is 0 Å². The normalized spacial score (nSPS) is 10.6. The Labute approximate surface area is 123 Å². The van der Waals surface area contributed by atoms with E-state index in [9.17, 15) is 9.90 Å². The molecule has 0 aliphatic carbocycles. The molecule has 4 heteroatoms. The summed E-state index contributed by atoms with van der Waals surface area (Å²) < 4.78 is 5.07. The first-order chi connectivity index (χ1) is 10.1. The van der Waals surface area contributed by atoms with E-state index in [1.807, 2.05) is 37.3 Å². The number of phenols is 1. The van der Waals surface area contributed by atoms with Crippen molar-refractivity contribution in [2.75, 3.05) is 12.4 Å². The second kappa shape index (κ2) is 6.61. The number of benzene rings is 2. The summed E-state index contributed by atoms with van der Waals surface area (Å²) in [6.07, 6.45) is 3.11. The minimum Gasteiger partial charge on any atom is -0.506 e. The van der Waals surface area contributed by atoms with Crippen molar-refractivity contribution < 1.29 is 14.6 Å². The molecule has 1 amide bonds. The zero-order valence-electron chi connectivity index (χ0n) is 12.0. The van der Waals surface area contributed by atoms with Gasteiger partial charge in [0.1, 0.15) is 11.5 Å². The van der Waals surface area contributed by atoms with E-state index >= 15 is 0 Å². The highest BCUT2D eigenvalue weighted by molar-refractivity contribution is 6.02. The minimum atomic E-state index is -0.301. The fourth-order valence-corrected chi connectivity index (χ4v) is 1.81. The first kappa shape index (κ1) is 14.7. The maximum Gasteiger partial charge on any atom is 0.248 e. The number of aryl methyl sites for hydroxylation is 1. The van der Waals surface area contributed by atoms with Crippen LogP contribution in [0.2, 0.25) is 0 Å². The van der Waals surface area contributed by atoms with Gasteiger partial charge in [-0.25, -0.2) is 0 Å². The number of nitrogens with one attached hydrogen (secondary N) is 1. The summed E-state index contributed by atoms with van der Waals surface area (Å²) in [7, 11) is 1.60. The van der Waals surface area contributed by atoms with Crippen LogP contribution in [0.4, 0.5) is 5.69 Å². The molecule has 21 heavy (non-hydrogen) atoms. The van der Waals surface area contributed by atoms with E-state index in [0.717, 1.165) is 16.9 Å². The lowest BCUT2D eigenvalue weighted by atomic mass is 10.2. The molecule has 2 rings (SSSR count). The van der Waals surface area contributed by atoms with Crippen LogP contribution in [0.3, 0.4) is 0 Å². The lowest BCUT2D eigenvalue weighted by molar-refractivity contribution is -0.111. The number of anilines is 1. The van der Waals surface area contributed by atoms with Crippen molar-refractivity contribution in [2.45, 2.75) is 6.92 Å². The van der Waals surface area contributed by atoms with Crippen LogP contribution in [-0.2, 0) is 4.79 Å². The molecule has 0 spiro atoms. The number of aromatic hydroxyl groups is 1. The molecular formula is C17H17NO3. The van der Waals surface area contributed by atoms with Crippen LogP contribution < -0.4 is 10.1 Å². The molecule has 0 atom stereocenters. The summed E-state index contributed by atoms with van der Waals surface area (Å²) in [6, 6.07) is 12.4. The molecule has 0 saturated carbocycles. The fraction of sp³-hybridized carbons (Fsp3) is 0.118. The number of amides is 1. The molecule has 0 bridgehead atoms. The lowest BCUT2D eigenvalue weighted by Gasteiger charge is -2.05. The topological polar surface area (TPSA) is 58.6 Å². The third-order valence-corrected chi connectivity index (χ3v) is 2.95. The van der Waals surface area contributed by atoms with Crippen molar-refractivity contribution in [3.8, 4) is 11.5 Å². The zero-order valence-corrected chi connectivity index (χ0v) is 12.0. The van der Waals surface area contributed by atoms with Gasteiger partial charge in [0.05, 0.1) is 12.8 Å². The Balaban J connectivity index is 2.01. The van der Waals surface area contributed by atoms with Gasteiger partial charge in [-0.3, -0.25) is 4.79 Å². The van der Waals surface area contributed by atoms with Gasteiger partial charge in [-0.15, -0.1) is 0 Å². The number of methoxy groups -OCH3 is 1. The first-order valence-electron chi connectivity index (χ1n) is 6.51. The monoisotopic (exact) mass is 283 g/mol. The number of rotatable bonds is 4. The maximum absolute atomic E-state index is 11.8. The van der Waals surface area contributed by atoms with Gasteiger partial charge in [-0.05, 0) is 48.4 Å². The molecule has 0 aliphatic heterocycles. The van der Waals surface area contributed by atoms with Crippen LogP contribution in [0.15, 0.2) is 48.5 Å². The summed E-state index contributed by atoms with van der Waals surface area (Å²) in [4.78, 5) is 11.8. The van der Waals surface area contributed by atoms with Gasteiger partial charge < -0.3 is 15.2 Å². The van der Waals surface area contributed by atoms with Crippen LogP contribution in [0.1, 0.15) is 11.1 Å². The molecule has 0 radical (unpaired) electrons. The molecule has 0 fully saturated rings. The highest BCUT2D eigenvalue weighted by Crippen LogP contribution is 2.23. The van der Waals surface area contributed by atoms with Crippen LogP contribution in [0.25, 0.3) is 6.08 Å². The Bertz CT molecular complexity index is 660. The highest BCUT2D eigenvalue weighted by Gasteiger charge is 2.03. The Kier molecular flexibility index (Phi) is 4.61. The van der Waals surface area contributed by atoms with Crippen molar-refractivity contribution in [1.82, 2.24) is 0 Å². The second-order valence-corrected chi connectivity index (χ2v) is 4.62. The number of ether oxygens (including phenoxy) is 1. The third-order valence-electron chi connectivity index (χ3n) is 2.95. The lowest BCUT2D eigenvalue weighted by Crippen LogP contribution is -2.07. The Morgan fingerprint density at radius 2 is 1.90 bits per heavy atom. The van der Waals surface area contributed by atoms with Gasteiger partial charge in [0.2, 0.25) is 5.91 Å². The molecule has 0 aromatic heterocycles. The first-order valence-corrected chi connectivity index (χ1v) is 6.51. The van der Waals surface area contributed by atoms with Gasteiger partial charge in [0.25, 0.3) is 0 Å². The average Bonchev–Trinajstić information content (AvgIpc) is 2.48. The number of carbonyl (C=O) groups is 1. The molecule has 108 valence electrons. The Hall–Kier alpha value is -2.75. The summed E-state index contributed by atoms with van der Waals surface area (Å²) in [5.41, 5.74) is 2.21. The number of carbonyl (C=O) groups excluding carboxylic acids is 1. The third kappa shape index (κ3) is 4.11. The van der Waals surface area contributed by atoms with E-state index in [-0.39, 0.29) is 11.7 Å². The molecule has 0 unspecified atom stereocenters. The van der Waals surface area contributed by atoms with E-state index in [4.69, 9.17) is 4.74 Å². The molecule has 0 aliphatic rings. The smallest absolute Gasteiger partial charge is 0.248 e. The highest BCUT2D eigenvalue weighted by atomic mass is 16.5. The van der Waals surface area contributed by atoms with Crippen LogP contribution in [-0.4, -0.2) is 18.1 Å². The van der Waals surface area contributed by atoms with Crippen molar-refractivity contribution in [2.24, 2.45) is 0 Å². The predicted molar refractivity (Wildman–Crippen MR) is 83.5 cm³/mol. The SMILES string of the molecule is COc1ccc(/C=C/C(=O)Nc2ccc(C)cc2O)cc1. The van der Waals surface area contributed by atoms with Crippen molar-refractivity contribution in [1.29, 1.82) is 0 Å². The van der Waals surface area contributed by atoms with Crippen LogP contribution >= 0.6 is 0 Å². The number of hydrogen-bond acceptors (Lipinski definition) is 3. The van der Waals surface area contributed by atoms with Gasteiger partial charge >= 0.3 is 0 Å². The van der Waals surface area contributed by atoms with Gasteiger partial charge in [0.15, 0.2) is 0 Å². The predicted octanol–water partition coefficient (Wildman–Crippen LogP) is 3.36. The summed E-state index contributed by atoms with van der Waals surface area (Å²) >= 11 is 0. The van der Waals surface area contributed by atoms with Gasteiger partial charge in [0, 0.05) is 6.08 Å².